The Morgan fingerprint density at radius 3 is 2.34 bits per heavy atom. The predicted octanol–water partition coefficient (Wildman–Crippen LogP) is 5.43. The molecule has 1 N–H and O–H groups in total. The lowest BCUT2D eigenvalue weighted by molar-refractivity contribution is -0.219. The van der Waals surface area contributed by atoms with Crippen LogP contribution in [-0.2, 0) is 19.1 Å². The van der Waals surface area contributed by atoms with Gasteiger partial charge in [-0.15, -0.1) is 0 Å². The normalized spacial score (nSPS) is 21.9. The lowest BCUT2D eigenvalue weighted by Crippen LogP contribution is -2.41. The van der Waals surface area contributed by atoms with Gasteiger partial charge in [0, 0.05) is 25.9 Å². The molecule has 29 heavy (non-hydrogen) atoms. The van der Waals surface area contributed by atoms with Gasteiger partial charge in [0.05, 0.1) is 7.11 Å². The quantitative estimate of drug-likeness (QED) is 0.221. The van der Waals surface area contributed by atoms with Crippen LogP contribution in [-0.4, -0.2) is 36.9 Å². The van der Waals surface area contributed by atoms with Crippen molar-refractivity contribution in [3.8, 4) is 0 Å². The lowest BCUT2D eigenvalue weighted by Gasteiger charge is -2.26. The Hall–Kier alpha value is -0.940. The van der Waals surface area contributed by atoms with E-state index in [-0.39, 0.29) is 12.3 Å². The maximum atomic E-state index is 12.4. The second-order valence-electron chi connectivity index (χ2n) is 9.61. The molecule has 1 saturated carbocycles. The topological polar surface area (TPSA) is 72.8 Å². The SMILES string of the molecule is CCCCC(C)(C)CCC[C@H]1CCC(=O)[C@@H]1CCCCCC(O)(OC)C(=O)OC. The number of Topliss-reactive ketones (excluding diaryl/α,β-unsaturated/α-hetero) is 1. The van der Waals surface area contributed by atoms with Crippen molar-refractivity contribution in [2.45, 2.75) is 110 Å². The smallest absolute Gasteiger partial charge is 0.366 e. The molecule has 1 rings (SSSR count). The van der Waals surface area contributed by atoms with Gasteiger partial charge in [-0.25, -0.2) is 4.79 Å². The summed E-state index contributed by atoms with van der Waals surface area (Å²) in [5.74, 6) is -1.44. The molecule has 1 fully saturated rings. The number of ketones is 1. The Labute approximate surface area is 177 Å². The third-order valence-corrected chi connectivity index (χ3v) is 6.75. The molecule has 0 aromatic carbocycles. The van der Waals surface area contributed by atoms with Crippen molar-refractivity contribution in [3.63, 3.8) is 0 Å². The van der Waals surface area contributed by atoms with E-state index in [9.17, 15) is 14.7 Å². The highest BCUT2D eigenvalue weighted by atomic mass is 16.7. The van der Waals surface area contributed by atoms with E-state index in [1.54, 1.807) is 0 Å². The van der Waals surface area contributed by atoms with Gasteiger partial charge in [0.15, 0.2) is 0 Å². The number of unbranched alkanes of at least 4 members (excludes halogenated alkanes) is 3. The van der Waals surface area contributed by atoms with Crippen LogP contribution in [0.25, 0.3) is 0 Å². The zero-order chi connectivity index (χ0) is 21.9. The molecule has 0 heterocycles. The minimum absolute atomic E-state index is 0.204. The molecule has 0 aliphatic heterocycles. The van der Waals surface area contributed by atoms with Gasteiger partial charge in [-0.2, -0.15) is 0 Å². The van der Waals surface area contributed by atoms with Crippen LogP contribution in [0.5, 0.6) is 0 Å². The molecule has 1 unspecified atom stereocenters. The van der Waals surface area contributed by atoms with Crippen LogP contribution in [0, 0.1) is 17.3 Å². The Morgan fingerprint density at radius 2 is 1.72 bits per heavy atom. The van der Waals surface area contributed by atoms with E-state index in [4.69, 9.17) is 4.74 Å². The van der Waals surface area contributed by atoms with Crippen molar-refractivity contribution < 1.29 is 24.2 Å². The number of ether oxygens (including phenoxy) is 2. The van der Waals surface area contributed by atoms with Crippen LogP contribution < -0.4 is 0 Å². The highest BCUT2D eigenvalue weighted by Crippen LogP contribution is 2.38. The van der Waals surface area contributed by atoms with E-state index in [1.165, 1.54) is 46.3 Å². The predicted molar refractivity (Wildman–Crippen MR) is 115 cm³/mol. The van der Waals surface area contributed by atoms with Crippen molar-refractivity contribution in [1.82, 2.24) is 0 Å². The van der Waals surface area contributed by atoms with Gasteiger partial charge >= 0.3 is 5.97 Å². The molecule has 0 aromatic rings. The fraction of sp³-hybridized carbons (Fsp3) is 0.917. The van der Waals surface area contributed by atoms with Crippen LogP contribution in [0.15, 0.2) is 0 Å². The Bertz CT molecular complexity index is 501. The molecule has 0 spiro atoms. The first-order valence-corrected chi connectivity index (χ1v) is 11.6. The molecular weight excluding hydrogens is 368 g/mol. The first-order chi connectivity index (χ1) is 13.7. The van der Waals surface area contributed by atoms with Gasteiger partial charge in [-0.05, 0) is 49.9 Å². The maximum Gasteiger partial charge on any atom is 0.366 e. The number of aliphatic hydroxyl groups is 1. The second-order valence-corrected chi connectivity index (χ2v) is 9.61. The maximum absolute atomic E-state index is 12.4. The number of methoxy groups -OCH3 is 2. The van der Waals surface area contributed by atoms with E-state index in [2.05, 4.69) is 25.5 Å². The van der Waals surface area contributed by atoms with Crippen molar-refractivity contribution in [2.75, 3.05) is 14.2 Å². The molecule has 5 heteroatoms. The zero-order valence-electron chi connectivity index (χ0n) is 19.4. The first kappa shape index (κ1) is 26.1. The van der Waals surface area contributed by atoms with Crippen LogP contribution in [0.4, 0.5) is 0 Å². The number of carbonyl (C=O) groups is 2. The molecule has 0 aromatic heterocycles. The third kappa shape index (κ3) is 8.75. The molecule has 5 nitrogen and oxygen atoms in total. The number of rotatable bonds is 15. The van der Waals surface area contributed by atoms with Gasteiger partial charge in [-0.3, -0.25) is 4.79 Å². The summed E-state index contributed by atoms with van der Waals surface area (Å²) in [5, 5.41) is 10.1. The van der Waals surface area contributed by atoms with Gasteiger partial charge in [-0.1, -0.05) is 52.9 Å². The number of carbonyl (C=O) groups excluding carboxylic acids is 2. The standard InChI is InChI=1S/C24H44O5/c1-6-7-16-23(2,3)17-11-12-19-14-15-21(25)20(19)13-9-8-10-18-24(27,29-5)22(26)28-4/h19-20,27H,6-18H2,1-5H3/t19-,20+,24?/m0/s1. The summed E-state index contributed by atoms with van der Waals surface area (Å²) in [7, 11) is 2.55. The summed E-state index contributed by atoms with van der Waals surface area (Å²) in [4.78, 5) is 24.0. The summed E-state index contributed by atoms with van der Waals surface area (Å²) in [6.45, 7) is 6.99. The fourth-order valence-electron chi connectivity index (χ4n) is 4.70. The van der Waals surface area contributed by atoms with Crippen LogP contribution in [0.1, 0.15) is 104 Å². The average molecular weight is 413 g/mol. The van der Waals surface area contributed by atoms with Crippen molar-refractivity contribution >= 4 is 11.8 Å². The molecule has 0 saturated heterocycles. The summed E-state index contributed by atoms with van der Waals surface area (Å²) < 4.78 is 9.52. The molecule has 1 aliphatic carbocycles. The Morgan fingerprint density at radius 1 is 1.03 bits per heavy atom. The summed E-state index contributed by atoms with van der Waals surface area (Å²) in [6, 6.07) is 0. The van der Waals surface area contributed by atoms with E-state index in [0.717, 1.165) is 38.5 Å². The summed E-state index contributed by atoms with van der Waals surface area (Å²) in [6.07, 6.45) is 12.8. The average Bonchev–Trinajstić information content (AvgIpc) is 3.04. The fourth-order valence-corrected chi connectivity index (χ4v) is 4.70. The molecule has 3 atom stereocenters. The monoisotopic (exact) mass is 412 g/mol. The molecular formula is C24H44O5. The van der Waals surface area contributed by atoms with Gasteiger partial charge in [0.1, 0.15) is 5.78 Å². The number of esters is 1. The molecule has 0 radical (unpaired) electrons. The summed E-state index contributed by atoms with van der Waals surface area (Å²) in [5.41, 5.74) is 0.409. The molecule has 0 amide bonds. The van der Waals surface area contributed by atoms with E-state index in [1.807, 2.05) is 0 Å². The van der Waals surface area contributed by atoms with E-state index >= 15 is 0 Å². The van der Waals surface area contributed by atoms with Gasteiger partial charge < -0.3 is 14.6 Å². The molecule has 170 valence electrons. The molecule has 0 bridgehead atoms. The van der Waals surface area contributed by atoms with E-state index < -0.39 is 11.8 Å². The van der Waals surface area contributed by atoms with Crippen molar-refractivity contribution in [3.05, 3.63) is 0 Å². The van der Waals surface area contributed by atoms with Crippen molar-refractivity contribution in [1.29, 1.82) is 0 Å². The largest absolute Gasteiger partial charge is 0.465 e. The van der Waals surface area contributed by atoms with Crippen LogP contribution in [0.3, 0.4) is 0 Å². The molecule has 1 aliphatic rings. The Kier molecular flexibility index (Phi) is 11.4. The third-order valence-electron chi connectivity index (χ3n) is 6.75. The zero-order valence-corrected chi connectivity index (χ0v) is 19.4. The lowest BCUT2D eigenvalue weighted by atomic mass is 9.79. The van der Waals surface area contributed by atoms with Crippen LogP contribution >= 0.6 is 0 Å². The number of hydrogen-bond acceptors (Lipinski definition) is 5. The van der Waals surface area contributed by atoms with E-state index in [0.29, 0.717) is 23.5 Å². The van der Waals surface area contributed by atoms with Gasteiger partial charge in [0.2, 0.25) is 0 Å². The number of hydrogen-bond donors (Lipinski definition) is 1. The first-order valence-electron chi connectivity index (χ1n) is 11.6. The van der Waals surface area contributed by atoms with Crippen LogP contribution in [0.2, 0.25) is 0 Å². The highest BCUT2D eigenvalue weighted by Gasteiger charge is 2.37. The minimum atomic E-state index is -1.86. The Balaban J connectivity index is 2.34. The minimum Gasteiger partial charge on any atom is -0.465 e. The summed E-state index contributed by atoms with van der Waals surface area (Å²) >= 11 is 0. The second kappa shape index (κ2) is 12.7. The van der Waals surface area contributed by atoms with Gasteiger partial charge in [0.25, 0.3) is 5.79 Å². The highest BCUT2D eigenvalue weighted by molar-refractivity contribution is 5.83. The van der Waals surface area contributed by atoms with Crippen molar-refractivity contribution in [2.24, 2.45) is 17.3 Å².